The quantitative estimate of drug-likeness (QED) is 0.275. The zero-order valence-corrected chi connectivity index (χ0v) is 19.9. The average molecular weight is 502 g/mol. The number of phenolic OH excluding ortho intramolecular Hbond substituents is 1. The van der Waals surface area contributed by atoms with Gasteiger partial charge in [0.25, 0.3) is 5.91 Å². The molecule has 1 aromatic carbocycles. The van der Waals surface area contributed by atoms with Gasteiger partial charge in [0, 0.05) is 27.8 Å². The van der Waals surface area contributed by atoms with E-state index in [1.54, 1.807) is 11.4 Å². The highest BCUT2D eigenvalue weighted by Gasteiger charge is 2.52. The minimum absolute atomic E-state index is 0.0275. The van der Waals surface area contributed by atoms with Gasteiger partial charge < -0.3 is 35.8 Å². The van der Waals surface area contributed by atoms with E-state index in [9.17, 15) is 19.5 Å². The second-order valence-corrected chi connectivity index (χ2v) is 9.40. The molecule has 1 aromatic heterocycles. The molecule has 186 valence electrons. The van der Waals surface area contributed by atoms with Crippen molar-refractivity contribution in [2.45, 2.75) is 31.2 Å². The summed E-state index contributed by atoms with van der Waals surface area (Å²) in [6, 6.07) is 6.18. The van der Waals surface area contributed by atoms with Crippen LogP contribution in [0.2, 0.25) is 0 Å². The number of aromatic hydroxyl groups is 1. The number of carbonyl (C=O) groups excluding carboxylic acids is 3. The monoisotopic (exact) mass is 501 g/mol. The van der Waals surface area contributed by atoms with E-state index < -0.39 is 23.6 Å². The van der Waals surface area contributed by atoms with Gasteiger partial charge in [-0.2, -0.15) is 0 Å². The normalized spacial score (nSPS) is 19.5. The van der Waals surface area contributed by atoms with E-state index in [4.69, 9.17) is 20.6 Å². The Kier molecular flexibility index (Phi) is 7.05. The number of amidine groups is 1. The summed E-state index contributed by atoms with van der Waals surface area (Å²) in [6.07, 6.45) is 0.173. The summed E-state index contributed by atoms with van der Waals surface area (Å²) in [4.78, 5) is 40.9. The number of ether oxygens (including phenoxy) is 2. The molecule has 2 aliphatic rings. The summed E-state index contributed by atoms with van der Waals surface area (Å²) in [7, 11) is 0. The first-order chi connectivity index (χ1) is 16.7. The maximum atomic E-state index is 13.2. The van der Waals surface area contributed by atoms with Gasteiger partial charge in [-0.05, 0) is 37.3 Å². The highest BCUT2D eigenvalue weighted by molar-refractivity contribution is 7.10. The number of nitrogen functional groups attached to an aromatic ring is 1. The molecule has 2 aromatic rings. The van der Waals surface area contributed by atoms with Crippen LogP contribution in [-0.4, -0.2) is 71.7 Å². The molecule has 0 unspecified atom stereocenters. The number of amides is 3. The molecular formula is C23H27N5O6S. The Bertz CT molecular complexity index is 1130. The lowest BCUT2D eigenvalue weighted by atomic mass is 10.1. The second-order valence-electron chi connectivity index (χ2n) is 8.46. The van der Waals surface area contributed by atoms with Gasteiger partial charge in [0.1, 0.15) is 17.6 Å². The molecule has 2 saturated heterocycles. The van der Waals surface area contributed by atoms with E-state index in [0.717, 1.165) is 4.88 Å². The zero-order valence-electron chi connectivity index (χ0n) is 19.1. The fraction of sp³-hybridized carbons (Fsp3) is 0.391. The average Bonchev–Trinajstić information content (AvgIpc) is 3.58. The number of nitrogens with one attached hydrogen (secondary N) is 3. The largest absolute Gasteiger partial charge is 0.508 e. The summed E-state index contributed by atoms with van der Waals surface area (Å²) in [5.74, 6) is -2.37. The molecule has 1 spiro atoms. The molecule has 0 saturated carbocycles. The number of likely N-dealkylation sites (tertiary alicyclic amines) is 1. The van der Waals surface area contributed by atoms with Gasteiger partial charge in [0.15, 0.2) is 5.79 Å². The van der Waals surface area contributed by atoms with Crippen LogP contribution in [0.5, 0.6) is 5.75 Å². The van der Waals surface area contributed by atoms with Crippen molar-refractivity contribution in [3.8, 4) is 5.75 Å². The molecule has 12 heteroatoms. The standard InChI is InChI=1S/C23H27N5O6S/c1-13(18-8-15(11-35-18)20(24)25)27-22(32)17-9-23(33-6-7-34-23)12-28(17)19(30)10-26-21(31)14-2-4-16(29)5-3-14/h2-5,8,11,13,17,29H,6-7,9-10,12H2,1H3,(H3,24,25)(H,26,31)(H,27,32)/t13-,17+/m1/s1. The highest BCUT2D eigenvalue weighted by Crippen LogP contribution is 2.35. The van der Waals surface area contributed by atoms with Crippen molar-refractivity contribution in [1.82, 2.24) is 15.5 Å². The van der Waals surface area contributed by atoms with E-state index in [1.807, 2.05) is 6.92 Å². The van der Waals surface area contributed by atoms with E-state index >= 15 is 0 Å². The van der Waals surface area contributed by atoms with Crippen LogP contribution < -0.4 is 16.4 Å². The maximum absolute atomic E-state index is 13.2. The van der Waals surface area contributed by atoms with Crippen LogP contribution >= 0.6 is 11.3 Å². The van der Waals surface area contributed by atoms with Crippen LogP contribution in [0, 0.1) is 5.41 Å². The molecule has 11 nitrogen and oxygen atoms in total. The molecule has 6 N–H and O–H groups in total. The topological polar surface area (TPSA) is 167 Å². The van der Waals surface area contributed by atoms with Crippen LogP contribution in [0.4, 0.5) is 0 Å². The summed E-state index contributed by atoms with van der Waals surface area (Å²) in [6.45, 7) is 2.30. The number of thiophene rings is 1. The molecule has 0 bridgehead atoms. The predicted molar refractivity (Wildman–Crippen MR) is 127 cm³/mol. The number of carbonyl (C=O) groups is 3. The second kappa shape index (κ2) is 10.0. The van der Waals surface area contributed by atoms with E-state index in [1.165, 1.54) is 40.5 Å². The first kappa shape index (κ1) is 24.6. The van der Waals surface area contributed by atoms with Crippen molar-refractivity contribution in [3.63, 3.8) is 0 Å². The molecule has 2 aliphatic heterocycles. The lowest BCUT2D eigenvalue weighted by Crippen LogP contribution is -2.49. The van der Waals surface area contributed by atoms with Crippen molar-refractivity contribution in [3.05, 3.63) is 51.7 Å². The van der Waals surface area contributed by atoms with Crippen LogP contribution in [0.15, 0.2) is 35.7 Å². The van der Waals surface area contributed by atoms with Crippen molar-refractivity contribution < 1.29 is 29.0 Å². The summed E-state index contributed by atoms with van der Waals surface area (Å²) in [5, 5.41) is 24.2. The van der Waals surface area contributed by atoms with Crippen molar-refractivity contribution in [2.75, 3.05) is 26.3 Å². The number of rotatable bonds is 7. The van der Waals surface area contributed by atoms with Gasteiger partial charge in [0.2, 0.25) is 11.8 Å². The van der Waals surface area contributed by atoms with E-state index in [2.05, 4.69) is 10.6 Å². The molecule has 0 radical (unpaired) electrons. The molecular weight excluding hydrogens is 474 g/mol. The molecule has 2 atom stereocenters. The molecule has 35 heavy (non-hydrogen) atoms. The number of benzene rings is 1. The van der Waals surface area contributed by atoms with Crippen LogP contribution in [0.25, 0.3) is 0 Å². The maximum Gasteiger partial charge on any atom is 0.251 e. The van der Waals surface area contributed by atoms with E-state index in [0.29, 0.717) is 24.3 Å². The zero-order chi connectivity index (χ0) is 25.2. The van der Waals surface area contributed by atoms with Gasteiger partial charge in [-0.15, -0.1) is 11.3 Å². The van der Waals surface area contributed by atoms with Gasteiger partial charge in [-0.1, -0.05) is 0 Å². The van der Waals surface area contributed by atoms with Crippen molar-refractivity contribution in [1.29, 1.82) is 5.41 Å². The van der Waals surface area contributed by atoms with Gasteiger partial charge in [-0.3, -0.25) is 19.8 Å². The Morgan fingerprint density at radius 1 is 1.26 bits per heavy atom. The Morgan fingerprint density at radius 2 is 1.94 bits per heavy atom. The first-order valence-corrected chi connectivity index (χ1v) is 11.9. The van der Waals surface area contributed by atoms with Crippen LogP contribution in [0.1, 0.15) is 40.2 Å². The van der Waals surface area contributed by atoms with Crippen molar-refractivity contribution in [2.24, 2.45) is 5.73 Å². The SMILES string of the molecule is C[C@@H](NC(=O)[C@@H]1CC2(CN1C(=O)CNC(=O)c1ccc(O)cc1)OCCO2)c1cc(C(=N)N)cs1. The fourth-order valence-corrected chi connectivity index (χ4v) is 5.03. The molecule has 3 heterocycles. The van der Waals surface area contributed by atoms with Gasteiger partial charge in [0.05, 0.1) is 32.3 Å². The third-order valence-electron chi connectivity index (χ3n) is 5.97. The summed E-state index contributed by atoms with van der Waals surface area (Å²) >= 11 is 1.38. The first-order valence-electron chi connectivity index (χ1n) is 11.1. The minimum atomic E-state index is -1.05. The number of nitrogens with two attached hydrogens (primary N) is 1. The van der Waals surface area contributed by atoms with Gasteiger partial charge in [-0.25, -0.2) is 0 Å². The molecule has 2 fully saturated rings. The third kappa shape index (κ3) is 5.45. The van der Waals surface area contributed by atoms with E-state index in [-0.39, 0.29) is 43.0 Å². The summed E-state index contributed by atoms with van der Waals surface area (Å²) < 4.78 is 11.5. The minimum Gasteiger partial charge on any atom is -0.508 e. The Morgan fingerprint density at radius 3 is 2.57 bits per heavy atom. The molecule has 4 rings (SSSR count). The number of phenols is 1. The number of nitrogens with zero attached hydrogens (tertiary/aromatic N) is 1. The lowest BCUT2D eigenvalue weighted by molar-refractivity contribution is -0.152. The Hall–Kier alpha value is -3.48. The van der Waals surface area contributed by atoms with Gasteiger partial charge >= 0.3 is 0 Å². The van der Waals surface area contributed by atoms with Crippen LogP contribution in [0.3, 0.4) is 0 Å². The smallest absolute Gasteiger partial charge is 0.251 e. The number of hydrogen-bond donors (Lipinski definition) is 5. The molecule has 0 aliphatic carbocycles. The highest BCUT2D eigenvalue weighted by atomic mass is 32.1. The van der Waals surface area contributed by atoms with Crippen molar-refractivity contribution >= 4 is 34.9 Å². The summed E-state index contributed by atoms with van der Waals surface area (Å²) in [5.41, 5.74) is 6.40. The predicted octanol–water partition coefficient (Wildman–Crippen LogP) is 0.689. The third-order valence-corrected chi connectivity index (χ3v) is 7.09. The fourth-order valence-electron chi connectivity index (χ4n) is 4.12. The Labute approximate surface area is 205 Å². The van der Waals surface area contributed by atoms with Crippen LogP contribution in [-0.2, 0) is 19.1 Å². The Balaban J connectivity index is 1.43. The molecule has 3 amide bonds. The number of hydrogen-bond acceptors (Lipinski definition) is 8. The lowest BCUT2D eigenvalue weighted by Gasteiger charge is -2.25.